The Kier molecular flexibility index (Phi) is 3.27. The molecule has 114 valence electrons. The highest BCUT2D eigenvalue weighted by atomic mass is 32.1. The standard InChI is InChI=1S/C14H16N6OS/c15-14(5-1-2-6-14)13-16-12(21-18-13)11-9-20(19-17-11)8-10-4-3-7-22-10/h3-4,7,9H,1-2,5-6,8,15H2. The van der Waals surface area contributed by atoms with Crippen LogP contribution in [-0.2, 0) is 12.1 Å². The SMILES string of the molecule is NC1(c2noc(-c3cn(Cc4cccs4)nn3)n2)CCCC1. The Balaban J connectivity index is 1.55. The molecule has 1 aliphatic carbocycles. The summed E-state index contributed by atoms with van der Waals surface area (Å²) in [5.74, 6) is 0.956. The van der Waals surface area contributed by atoms with Gasteiger partial charge in [-0.2, -0.15) is 4.98 Å². The maximum Gasteiger partial charge on any atom is 0.280 e. The maximum absolute atomic E-state index is 6.34. The number of hydrogen-bond acceptors (Lipinski definition) is 7. The number of hydrogen-bond donors (Lipinski definition) is 1. The van der Waals surface area contributed by atoms with Crippen molar-refractivity contribution in [3.8, 4) is 11.6 Å². The number of aromatic nitrogens is 5. The third kappa shape index (κ3) is 2.44. The average molecular weight is 316 g/mol. The van der Waals surface area contributed by atoms with Crippen molar-refractivity contribution < 1.29 is 4.52 Å². The van der Waals surface area contributed by atoms with E-state index in [2.05, 4.69) is 26.5 Å². The predicted molar refractivity (Wildman–Crippen MR) is 81.1 cm³/mol. The van der Waals surface area contributed by atoms with Crippen molar-refractivity contribution in [3.63, 3.8) is 0 Å². The summed E-state index contributed by atoms with van der Waals surface area (Å²) in [5, 5.41) is 14.3. The molecule has 0 amide bonds. The van der Waals surface area contributed by atoms with Gasteiger partial charge in [-0.05, 0) is 24.3 Å². The molecule has 3 aromatic heterocycles. The van der Waals surface area contributed by atoms with Crippen molar-refractivity contribution in [2.45, 2.75) is 37.8 Å². The van der Waals surface area contributed by atoms with Gasteiger partial charge in [0.05, 0.1) is 18.3 Å². The molecule has 0 aromatic carbocycles. The smallest absolute Gasteiger partial charge is 0.280 e. The number of nitrogens with two attached hydrogens (primary N) is 1. The van der Waals surface area contributed by atoms with E-state index in [1.54, 1.807) is 16.0 Å². The monoisotopic (exact) mass is 316 g/mol. The molecule has 4 rings (SSSR count). The van der Waals surface area contributed by atoms with Gasteiger partial charge in [-0.25, -0.2) is 4.68 Å². The highest BCUT2D eigenvalue weighted by molar-refractivity contribution is 7.09. The first-order valence-electron chi connectivity index (χ1n) is 7.29. The third-order valence-electron chi connectivity index (χ3n) is 4.02. The van der Waals surface area contributed by atoms with Gasteiger partial charge in [0.15, 0.2) is 11.5 Å². The zero-order valence-electron chi connectivity index (χ0n) is 12.0. The molecule has 1 saturated carbocycles. The van der Waals surface area contributed by atoms with Gasteiger partial charge >= 0.3 is 0 Å². The van der Waals surface area contributed by atoms with E-state index in [4.69, 9.17) is 10.3 Å². The largest absolute Gasteiger partial charge is 0.332 e. The molecule has 0 aliphatic heterocycles. The van der Waals surface area contributed by atoms with Crippen LogP contribution in [0.1, 0.15) is 36.4 Å². The zero-order chi connectivity index (χ0) is 15.0. The lowest BCUT2D eigenvalue weighted by atomic mass is 9.99. The van der Waals surface area contributed by atoms with E-state index >= 15 is 0 Å². The molecular weight excluding hydrogens is 300 g/mol. The normalized spacial score (nSPS) is 17.1. The van der Waals surface area contributed by atoms with E-state index in [1.165, 1.54) is 4.88 Å². The van der Waals surface area contributed by atoms with Crippen LogP contribution in [0.25, 0.3) is 11.6 Å². The molecule has 2 N–H and O–H groups in total. The third-order valence-corrected chi connectivity index (χ3v) is 4.88. The molecule has 1 fully saturated rings. The van der Waals surface area contributed by atoms with Gasteiger partial charge in [0.1, 0.15) is 0 Å². The van der Waals surface area contributed by atoms with Crippen LogP contribution in [0.5, 0.6) is 0 Å². The Morgan fingerprint density at radius 3 is 3.00 bits per heavy atom. The van der Waals surface area contributed by atoms with Gasteiger partial charge in [-0.3, -0.25) is 0 Å². The van der Waals surface area contributed by atoms with Gasteiger partial charge in [0, 0.05) is 4.88 Å². The van der Waals surface area contributed by atoms with E-state index in [1.807, 2.05) is 17.6 Å². The first kappa shape index (κ1) is 13.6. The molecule has 0 spiro atoms. The number of nitrogens with zero attached hydrogens (tertiary/aromatic N) is 5. The van der Waals surface area contributed by atoms with E-state index in [9.17, 15) is 0 Å². The van der Waals surface area contributed by atoms with Crippen LogP contribution in [0.2, 0.25) is 0 Å². The van der Waals surface area contributed by atoms with Gasteiger partial charge in [0.2, 0.25) is 0 Å². The highest BCUT2D eigenvalue weighted by Crippen LogP contribution is 2.35. The Bertz CT molecular complexity index is 756. The van der Waals surface area contributed by atoms with Crippen LogP contribution in [0.15, 0.2) is 28.2 Å². The zero-order valence-corrected chi connectivity index (χ0v) is 12.8. The average Bonchev–Trinajstić information content (AvgIpc) is 3.27. The Morgan fingerprint density at radius 2 is 2.23 bits per heavy atom. The molecule has 8 heteroatoms. The Morgan fingerprint density at radius 1 is 1.36 bits per heavy atom. The molecule has 0 unspecified atom stereocenters. The minimum atomic E-state index is -0.450. The summed E-state index contributed by atoms with van der Waals surface area (Å²) in [5.41, 5.74) is 6.47. The van der Waals surface area contributed by atoms with E-state index in [0.29, 0.717) is 24.0 Å². The van der Waals surface area contributed by atoms with E-state index in [0.717, 1.165) is 25.7 Å². The van der Waals surface area contributed by atoms with Crippen molar-refractivity contribution >= 4 is 11.3 Å². The van der Waals surface area contributed by atoms with Crippen molar-refractivity contribution in [3.05, 3.63) is 34.4 Å². The number of rotatable bonds is 4. The van der Waals surface area contributed by atoms with Gasteiger partial charge < -0.3 is 10.3 Å². The van der Waals surface area contributed by atoms with Crippen LogP contribution in [-0.4, -0.2) is 25.1 Å². The molecule has 0 atom stereocenters. The molecule has 3 heterocycles. The first-order valence-corrected chi connectivity index (χ1v) is 8.17. The van der Waals surface area contributed by atoms with Crippen molar-refractivity contribution in [1.82, 2.24) is 25.1 Å². The molecule has 3 aromatic rings. The molecule has 0 bridgehead atoms. The Labute approximate surface area is 131 Å². The Hall–Kier alpha value is -2.06. The molecule has 1 aliphatic rings. The first-order chi connectivity index (χ1) is 10.7. The quantitative estimate of drug-likeness (QED) is 0.792. The van der Waals surface area contributed by atoms with Gasteiger partial charge in [-0.1, -0.05) is 29.3 Å². The topological polar surface area (TPSA) is 95.7 Å². The summed E-state index contributed by atoms with van der Waals surface area (Å²) in [4.78, 5) is 5.65. The second-order valence-electron chi connectivity index (χ2n) is 5.67. The summed E-state index contributed by atoms with van der Waals surface area (Å²) >= 11 is 1.69. The van der Waals surface area contributed by atoms with Crippen LogP contribution >= 0.6 is 11.3 Å². The van der Waals surface area contributed by atoms with Crippen molar-refractivity contribution in [2.75, 3.05) is 0 Å². The summed E-state index contributed by atoms with van der Waals surface area (Å²) in [6, 6.07) is 4.08. The van der Waals surface area contributed by atoms with Crippen LogP contribution < -0.4 is 5.73 Å². The fourth-order valence-corrected chi connectivity index (χ4v) is 3.49. The second-order valence-corrected chi connectivity index (χ2v) is 6.70. The molecule has 0 saturated heterocycles. The lowest BCUT2D eigenvalue weighted by Crippen LogP contribution is -2.34. The summed E-state index contributed by atoms with van der Waals surface area (Å²) in [7, 11) is 0. The van der Waals surface area contributed by atoms with E-state index in [-0.39, 0.29) is 0 Å². The van der Waals surface area contributed by atoms with Crippen LogP contribution in [0.4, 0.5) is 0 Å². The fourth-order valence-electron chi connectivity index (χ4n) is 2.80. The molecule has 7 nitrogen and oxygen atoms in total. The molecule has 22 heavy (non-hydrogen) atoms. The van der Waals surface area contributed by atoms with Gasteiger partial charge in [0.25, 0.3) is 5.89 Å². The molecular formula is C14H16N6OS. The minimum Gasteiger partial charge on any atom is -0.332 e. The minimum absolute atomic E-state index is 0.379. The van der Waals surface area contributed by atoms with Crippen molar-refractivity contribution in [2.24, 2.45) is 5.73 Å². The lowest BCUT2D eigenvalue weighted by molar-refractivity contribution is 0.372. The lowest BCUT2D eigenvalue weighted by Gasteiger charge is -2.17. The van der Waals surface area contributed by atoms with Crippen molar-refractivity contribution in [1.29, 1.82) is 0 Å². The van der Waals surface area contributed by atoms with E-state index < -0.39 is 5.54 Å². The fraction of sp³-hybridized carbons (Fsp3) is 0.429. The molecule has 0 radical (unpaired) electrons. The second kappa shape index (κ2) is 5.29. The van der Waals surface area contributed by atoms with Crippen LogP contribution in [0, 0.1) is 0 Å². The summed E-state index contributed by atoms with van der Waals surface area (Å²) < 4.78 is 7.09. The highest BCUT2D eigenvalue weighted by Gasteiger charge is 2.36. The summed E-state index contributed by atoms with van der Waals surface area (Å²) in [6.45, 7) is 0.687. The number of thiophene rings is 1. The predicted octanol–water partition coefficient (Wildman–Crippen LogP) is 2.17. The maximum atomic E-state index is 6.34. The van der Waals surface area contributed by atoms with Crippen LogP contribution in [0.3, 0.4) is 0 Å². The summed E-state index contributed by atoms with van der Waals surface area (Å²) in [6.07, 6.45) is 5.83. The van der Waals surface area contributed by atoms with Gasteiger partial charge in [-0.15, -0.1) is 16.4 Å².